The number of nitro benzene ring substituents is 1. The van der Waals surface area contributed by atoms with Crippen molar-refractivity contribution in [2.75, 3.05) is 6.79 Å². The van der Waals surface area contributed by atoms with Gasteiger partial charge < -0.3 is 19.9 Å². The number of nitrogens with two attached hydrogens (primary N) is 1. The average molecular weight is 355 g/mol. The van der Waals surface area contributed by atoms with Gasteiger partial charge in [0.25, 0.3) is 5.69 Å². The molecule has 1 aromatic carbocycles. The summed E-state index contributed by atoms with van der Waals surface area (Å²) >= 11 is 0. The van der Waals surface area contributed by atoms with Gasteiger partial charge in [-0.15, -0.1) is 0 Å². The molecule has 0 aromatic heterocycles. The highest BCUT2D eigenvalue weighted by Gasteiger charge is 2.41. The van der Waals surface area contributed by atoms with Crippen LogP contribution in [0, 0.1) is 21.4 Å². The molecule has 0 fully saturated rings. The number of benzene rings is 1. The van der Waals surface area contributed by atoms with E-state index in [1.54, 1.807) is 0 Å². The molecule has 9 heteroatoms. The molecule has 1 aromatic rings. The number of hydrogen-bond acceptors (Lipinski definition) is 8. The molecule has 4 rings (SSSR count). The van der Waals surface area contributed by atoms with E-state index >= 15 is 0 Å². The molecule has 132 valence electrons. The zero-order chi connectivity index (χ0) is 18.4. The van der Waals surface area contributed by atoms with E-state index in [2.05, 4.69) is 0 Å². The van der Waals surface area contributed by atoms with Crippen molar-refractivity contribution in [3.63, 3.8) is 0 Å². The van der Waals surface area contributed by atoms with Crippen LogP contribution < -0.4 is 15.2 Å². The van der Waals surface area contributed by atoms with Crippen molar-refractivity contribution < 1.29 is 23.9 Å². The molecular formula is C17H13N3O6. The first-order valence-electron chi connectivity index (χ1n) is 7.93. The molecule has 0 saturated carbocycles. The molecule has 2 aliphatic heterocycles. The zero-order valence-electron chi connectivity index (χ0n) is 13.5. The average Bonchev–Trinajstić information content (AvgIpc) is 3.07. The highest BCUT2D eigenvalue weighted by atomic mass is 16.7. The van der Waals surface area contributed by atoms with Crippen LogP contribution in [0.5, 0.6) is 11.5 Å². The Kier molecular flexibility index (Phi) is 3.54. The number of Topliss-reactive ketones (excluding diaryl/α,β-unsaturated/α-hetero) is 1. The minimum absolute atomic E-state index is 0.0269. The minimum atomic E-state index is -0.966. The molecule has 0 radical (unpaired) electrons. The zero-order valence-corrected chi connectivity index (χ0v) is 13.5. The largest absolute Gasteiger partial charge is 0.454 e. The van der Waals surface area contributed by atoms with Crippen molar-refractivity contribution in [2.45, 2.75) is 25.2 Å². The Morgan fingerprint density at radius 2 is 2.00 bits per heavy atom. The van der Waals surface area contributed by atoms with E-state index in [1.807, 2.05) is 6.07 Å². The maximum absolute atomic E-state index is 12.6. The minimum Gasteiger partial charge on any atom is -0.454 e. The van der Waals surface area contributed by atoms with Gasteiger partial charge in [0.1, 0.15) is 17.4 Å². The molecule has 0 bridgehead atoms. The van der Waals surface area contributed by atoms with Crippen LogP contribution in [0.4, 0.5) is 5.69 Å². The number of allylic oxidation sites excluding steroid dienone is 3. The van der Waals surface area contributed by atoms with Crippen molar-refractivity contribution in [1.82, 2.24) is 0 Å². The Bertz CT molecular complexity index is 956. The molecule has 0 amide bonds. The second kappa shape index (κ2) is 5.77. The van der Waals surface area contributed by atoms with Gasteiger partial charge in [-0.3, -0.25) is 14.9 Å². The fourth-order valence-electron chi connectivity index (χ4n) is 3.50. The lowest BCUT2D eigenvalue weighted by molar-refractivity contribution is -0.385. The summed E-state index contributed by atoms with van der Waals surface area (Å²) < 4.78 is 16.0. The van der Waals surface area contributed by atoms with Gasteiger partial charge in [0, 0.05) is 24.0 Å². The number of hydrogen-bond donors (Lipinski definition) is 1. The molecule has 1 aliphatic carbocycles. The maximum Gasteiger partial charge on any atom is 0.277 e. The number of ketones is 1. The Morgan fingerprint density at radius 3 is 2.69 bits per heavy atom. The first kappa shape index (κ1) is 16.0. The summed E-state index contributed by atoms with van der Waals surface area (Å²) in [5.41, 5.74) is 5.98. The summed E-state index contributed by atoms with van der Waals surface area (Å²) in [5, 5.41) is 21.2. The summed E-state index contributed by atoms with van der Waals surface area (Å²) in [7, 11) is 0. The standard InChI is InChI=1S/C17H13N3O6/c18-6-9-15(16-11(21)2-1-3-12(16)26-17(9)19)8-4-13-14(25-7-24-13)5-10(8)20(22)23/h4-5,15H,1-3,7,19H2. The van der Waals surface area contributed by atoms with Gasteiger partial charge in [-0.1, -0.05) is 0 Å². The van der Waals surface area contributed by atoms with Gasteiger partial charge >= 0.3 is 0 Å². The molecule has 9 nitrogen and oxygen atoms in total. The summed E-state index contributed by atoms with van der Waals surface area (Å²) in [4.78, 5) is 23.6. The second-order valence-corrected chi connectivity index (χ2v) is 6.06. The number of nitrogens with zero attached hydrogens (tertiary/aromatic N) is 2. The summed E-state index contributed by atoms with van der Waals surface area (Å²) in [5.74, 6) is -0.381. The molecule has 0 spiro atoms. The smallest absolute Gasteiger partial charge is 0.277 e. The van der Waals surface area contributed by atoms with E-state index in [1.165, 1.54) is 12.1 Å². The Morgan fingerprint density at radius 1 is 1.27 bits per heavy atom. The van der Waals surface area contributed by atoms with Gasteiger partial charge in [-0.2, -0.15) is 5.26 Å². The summed E-state index contributed by atoms with van der Waals surface area (Å²) in [6, 6.07) is 4.62. The van der Waals surface area contributed by atoms with Crippen molar-refractivity contribution in [2.24, 2.45) is 5.73 Å². The van der Waals surface area contributed by atoms with Gasteiger partial charge in [-0.25, -0.2) is 0 Å². The van der Waals surface area contributed by atoms with Gasteiger partial charge in [0.15, 0.2) is 17.3 Å². The Hall–Kier alpha value is -3.54. The molecule has 2 N–H and O–H groups in total. The van der Waals surface area contributed by atoms with E-state index in [9.17, 15) is 20.2 Å². The topological polar surface area (TPSA) is 138 Å². The van der Waals surface area contributed by atoms with Crippen molar-refractivity contribution >= 4 is 11.5 Å². The van der Waals surface area contributed by atoms with Crippen molar-refractivity contribution in [3.05, 3.63) is 50.6 Å². The van der Waals surface area contributed by atoms with E-state index in [0.29, 0.717) is 24.4 Å². The molecule has 1 unspecified atom stereocenters. The van der Waals surface area contributed by atoms with E-state index < -0.39 is 10.8 Å². The van der Waals surface area contributed by atoms with E-state index in [0.717, 1.165) is 0 Å². The lowest BCUT2D eigenvalue weighted by Crippen LogP contribution is -2.27. The number of carbonyl (C=O) groups excluding carboxylic acids is 1. The van der Waals surface area contributed by atoms with Crippen LogP contribution in [-0.2, 0) is 9.53 Å². The predicted octanol–water partition coefficient (Wildman–Crippen LogP) is 2.14. The third-order valence-electron chi connectivity index (χ3n) is 4.63. The number of carbonyl (C=O) groups is 1. The highest BCUT2D eigenvalue weighted by Crippen LogP contribution is 2.49. The fourth-order valence-corrected chi connectivity index (χ4v) is 3.50. The van der Waals surface area contributed by atoms with Crippen LogP contribution in [0.2, 0.25) is 0 Å². The third-order valence-corrected chi connectivity index (χ3v) is 4.63. The lowest BCUT2D eigenvalue weighted by Gasteiger charge is -2.30. The Balaban J connectivity index is 1.98. The van der Waals surface area contributed by atoms with Crippen LogP contribution in [0.3, 0.4) is 0 Å². The molecule has 3 aliphatic rings. The van der Waals surface area contributed by atoms with E-state index in [-0.39, 0.29) is 53.0 Å². The number of fused-ring (bicyclic) bond motifs is 1. The number of ether oxygens (including phenoxy) is 3. The first-order valence-corrected chi connectivity index (χ1v) is 7.93. The molecule has 26 heavy (non-hydrogen) atoms. The first-order chi connectivity index (χ1) is 12.5. The normalized spacial score (nSPS) is 21.2. The Labute approximate surface area is 147 Å². The van der Waals surface area contributed by atoms with Crippen LogP contribution in [0.25, 0.3) is 0 Å². The number of nitro groups is 1. The quantitative estimate of drug-likeness (QED) is 0.629. The summed E-state index contributed by atoms with van der Waals surface area (Å²) in [6.07, 6.45) is 1.37. The van der Waals surface area contributed by atoms with Crippen molar-refractivity contribution in [1.29, 1.82) is 5.26 Å². The van der Waals surface area contributed by atoms with Crippen molar-refractivity contribution in [3.8, 4) is 17.6 Å². The lowest BCUT2D eigenvalue weighted by atomic mass is 9.77. The third kappa shape index (κ3) is 2.27. The maximum atomic E-state index is 12.6. The SMILES string of the molecule is N#CC1=C(N)OC2=C(C(=O)CCC2)C1c1cc2c(cc1[N+](=O)[O-])OCO2. The molecule has 2 heterocycles. The fraction of sp³-hybridized carbons (Fsp3) is 0.294. The van der Waals surface area contributed by atoms with E-state index in [4.69, 9.17) is 19.9 Å². The second-order valence-electron chi connectivity index (χ2n) is 6.06. The van der Waals surface area contributed by atoms with Crippen LogP contribution in [0.1, 0.15) is 30.7 Å². The highest BCUT2D eigenvalue weighted by molar-refractivity contribution is 5.99. The van der Waals surface area contributed by atoms with Crippen LogP contribution in [0.15, 0.2) is 34.9 Å². The molecule has 0 saturated heterocycles. The number of rotatable bonds is 2. The van der Waals surface area contributed by atoms with Gasteiger partial charge in [0.2, 0.25) is 12.7 Å². The number of nitriles is 1. The molecular weight excluding hydrogens is 342 g/mol. The van der Waals surface area contributed by atoms with Crippen LogP contribution in [-0.4, -0.2) is 17.5 Å². The van der Waals surface area contributed by atoms with Crippen LogP contribution >= 0.6 is 0 Å². The predicted molar refractivity (Wildman–Crippen MR) is 85.8 cm³/mol. The van der Waals surface area contributed by atoms with Gasteiger partial charge in [0.05, 0.1) is 16.9 Å². The summed E-state index contributed by atoms with van der Waals surface area (Å²) in [6.45, 7) is -0.0559. The monoisotopic (exact) mass is 355 g/mol. The van der Waals surface area contributed by atoms with Gasteiger partial charge in [-0.05, 0) is 12.5 Å². The molecule has 1 atom stereocenters.